The third-order valence-corrected chi connectivity index (χ3v) is 5.70. The maximum Gasteiger partial charge on any atom is 0.125 e. The number of phenolic OH excluding ortho intramolecular Hbond substituents is 3. The Bertz CT molecular complexity index is 837. The van der Waals surface area contributed by atoms with Crippen molar-refractivity contribution in [3.63, 3.8) is 0 Å². The molecule has 0 radical (unpaired) electrons. The van der Waals surface area contributed by atoms with Crippen molar-refractivity contribution in [2.75, 3.05) is 6.61 Å². The Labute approximate surface area is 156 Å². The summed E-state index contributed by atoms with van der Waals surface area (Å²) >= 11 is 0. The Kier molecular flexibility index (Phi) is 5.45. The fourth-order valence-electron chi connectivity index (χ4n) is 3.84. The number of ether oxygens (including phenoxy) is 1. The monoisotopic (exact) mass is 358 g/mol. The summed E-state index contributed by atoms with van der Waals surface area (Å²) in [4.78, 5) is 0. The van der Waals surface area contributed by atoms with Gasteiger partial charge in [0, 0.05) is 17.0 Å². The van der Waals surface area contributed by atoms with E-state index in [1.807, 2.05) is 34.6 Å². The highest BCUT2D eigenvalue weighted by molar-refractivity contribution is 5.64. The van der Waals surface area contributed by atoms with Gasteiger partial charge in [-0.2, -0.15) is 0 Å². The molecule has 0 fully saturated rings. The minimum absolute atomic E-state index is 0.167. The van der Waals surface area contributed by atoms with Crippen LogP contribution in [-0.4, -0.2) is 21.9 Å². The lowest BCUT2D eigenvalue weighted by atomic mass is 9.82. The van der Waals surface area contributed by atoms with Crippen molar-refractivity contribution < 1.29 is 20.1 Å². The van der Waals surface area contributed by atoms with Crippen LogP contribution in [0.2, 0.25) is 0 Å². The van der Waals surface area contributed by atoms with Crippen molar-refractivity contribution in [2.45, 2.75) is 61.3 Å². The number of benzene rings is 2. The zero-order valence-corrected chi connectivity index (χ0v) is 17.0. The number of hydrogen-bond donors (Lipinski definition) is 3. The van der Waals surface area contributed by atoms with Crippen molar-refractivity contribution in [1.29, 1.82) is 0 Å². The van der Waals surface area contributed by atoms with E-state index in [1.54, 1.807) is 20.8 Å². The van der Waals surface area contributed by atoms with Crippen LogP contribution in [-0.2, 0) is 0 Å². The molecule has 0 aliphatic carbocycles. The summed E-state index contributed by atoms with van der Waals surface area (Å²) in [7, 11) is 0. The third-order valence-electron chi connectivity index (χ3n) is 5.70. The van der Waals surface area contributed by atoms with Crippen LogP contribution in [0.25, 0.3) is 0 Å². The smallest absolute Gasteiger partial charge is 0.125 e. The van der Waals surface area contributed by atoms with Crippen molar-refractivity contribution >= 4 is 0 Å². The Balaban J connectivity index is 2.83. The molecule has 3 N–H and O–H groups in total. The molecule has 1 unspecified atom stereocenters. The average Bonchev–Trinajstić information content (AvgIpc) is 2.60. The summed E-state index contributed by atoms with van der Waals surface area (Å²) in [5.41, 5.74) is 5.86. The highest BCUT2D eigenvalue weighted by Crippen LogP contribution is 2.48. The van der Waals surface area contributed by atoms with E-state index in [4.69, 9.17) is 4.74 Å². The topological polar surface area (TPSA) is 69.9 Å². The zero-order valence-electron chi connectivity index (χ0n) is 17.0. The number of rotatable bonds is 4. The Morgan fingerprint density at radius 1 is 0.654 bits per heavy atom. The second kappa shape index (κ2) is 7.10. The summed E-state index contributed by atoms with van der Waals surface area (Å²) in [6.45, 7) is 15.5. The van der Waals surface area contributed by atoms with Gasteiger partial charge >= 0.3 is 0 Å². The largest absolute Gasteiger partial charge is 0.507 e. The molecule has 0 aromatic heterocycles. The Morgan fingerprint density at radius 3 is 1.58 bits per heavy atom. The highest BCUT2D eigenvalue weighted by atomic mass is 16.5. The van der Waals surface area contributed by atoms with Gasteiger partial charge in [0.2, 0.25) is 0 Å². The molecular weight excluding hydrogens is 328 g/mol. The fourth-order valence-corrected chi connectivity index (χ4v) is 3.84. The minimum atomic E-state index is -0.307. The van der Waals surface area contributed by atoms with Gasteiger partial charge < -0.3 is 20.1 Å². The molecule has 4 heteroatoms. The van der Waals surface area contributed by atoms with Crippen LogP contribution in [0, 0.1) is 41.5 Å². The van der Waals surface area contributed by atoms with E-state index >= 15 is 0 Å². The molecule has 1 atom stereocenters. The molecular formula is C22H30O4. The summed E-state index contributed by atoms with van der Waals surface area (Å²) in [5, 5.41) is 32.1. The average molecular weight is 358 g/mol. The van der Waals surface area contributed by atoms with Gasteiger partial charge in [-0.15, -0.1) is 0 Å². The summed E-state index contributed by atoms with van der Waals surface area (Å²) < 4.78 is 5.83. The van der Waals surface area contributed by atoms with Gasteiger partial charge in [-0.05, 0) is 81.8 Å². The molecule has 0 aliphatic heterocycles. The molecule has 2 aromatic rings. The van der Waals surface area contributed by atoms with Gasteiger partial charge in [0.05, 0.1) is 6.61 Å². The number of hydrogen-bond acceptors (Lipinski definition) is 4. The molecule has 0 heterocycles. The van der Waals surface area contributed by atoms with E-state index in [1.165, 1.54) is 0 Å². The highest BCUT2D eigenvalue weighted by Gasteiger charge is 2.28. The normalized spacial score (nSPS) is 12.3. The summed E-state index contributed by atoms with van der Waals surface area (Å²) in [6.07, 6.45) is 0. The number of phenols is 3. The van der Waals surface area contributed by atoms with E-state index in [9.17, 15) is 15.3 Å². The SMILES string of the molecule is CCOc1c(C)c(C)c(O)c(C(C)c2c(C)c(O)c(C)c(C)c2O)c1C. The van der Waals surface area contributed by atoms with Gasteiger partial charge in [-0.25, -0.2) is 0 Å². The van der Waals surface area contributed by atoms with E-state index in [-0.39, 0.29) is 23.2 Å². The first-order chi connectivity index (χ1) is 12.1. The summed E-state index contributed by atoms with van der Waals surface area (Å²) in [6, 6.07) is 0. The third kappa shape index (κ3) is 2.87. The van der Waals surface area contributed by atoms with Crippen molar-refractivity contribution in [3.8, 4) is 23.0 Å². The van der Waals surface area contributed by atoms with Gasteiger partial charge in [-0.3, -0.25) is 0 Å². The molecule has 0 aliphatic rings. The maximum absolute atomic E-state index is 10.9. The quantitative estimate of drug-likeness (QED) is 0.657. The van der Waals surface area contributed by atoms with Gasteiger partial charge in [0.1, 0.15) is 23.0 Å². The fraction of sp³-hybridized carbons (Fsp3) is 0.455. The molecule has 0 saturated heterocycles. The molecule has 26 heavy (non-hydrogen) atoms. The maximum atomic E-state index is 10.9. The molecule has 2 rings (SSSR count). The molecule has 0 spiro atoms. The van der Waals surface area contributed by atoms with Crippen molar-refractivity contribution in [3.05, 3.63) is 44.5 Å². The van der Waals surface area contributed by atoms with E-state index in [0.717, 1.165) is 28.0 Å². The lowest BCUT2D eigenvalue weighted by molar-refractivity contribution is 0.333. The van der Waals surface area contributed by atoms with E-state index in [0.29, 0.717) is 28.9 Å². The van der Waals surface area contributed by atoms with Gasteiger partial charge in [0.25, 0.3) is 0 Å². The van der Waals surface area contributed by atoms with Crippen molar-refractivity contribution in [2.24, 2.45) is 0 Å². The standard InChI is InChI=1S/C22H30O4/c1-9-26-22-13(5)12(4)21(25)18(16(22)8)14(6)17-15(7)19(23)10(2)11(3)20(17)24/h14,23-25H,9H2,1-8H3. The van der Waals surface area contributed by atoms with Gasteiger partial charge in [-0.1, -0.05) is 6.92 Å². The van der Waals surface area contributed by atoms with Crippen LogP contribution in [0.4, 0.5) is 0 Å². The van der Waals surface area contributed by atoms with Crippen LogP contribution in [0.3, 0.4) is 0 Å². The molecule has 4 nitrogen and oxygen atoms in total. The first kappa shape index (κ1) is 20.0. The van der Waals surface area contributed by atoms with E-state index in [2.05, 4.69) is 0 Å². The predicted octanol–water partition coefficient (Wildman–Crippen LogP) is 5.20. The molecule has 2 aromatic carbocycles. The zero-order chi connectivity index (χ0) is 19.9. The molecule has 0 saturated carbocycles. The lowest BCUT2D eigenvalue weighted by Gasteiger charge is -2.26. The van der Waals surface area contributed by atoms with Crippen LogP contribution < -0.4 is 4.74 Å². The van der Waals surface area contributed by atoms with Crippen LogP contribution >= 0.6 is 0 Å². The Morgan fingerprint density at radius 2 is 1.08 bits per heavy atom. The minimum Gasteiger partial charge on any atom is -0.507 e. The molecule has 0 bridgehead atoms. The predicted molar refractivity (Wildman–Crippen MR) is 105 cm³/mol. The van der Waals surface area contributed by atoms with Gasteiger partial charge in [0.15, 0.2) is 0 Å². The summed E-state index contributed by atoms with van der Waals surface area (Å²) in [5.74, 6) is 1.04. The second-order valence-corrected chi connectivity index (χ2v) is 7.11. The Hall–Kier alpha value is -2.36. The second-order valence-electron chi connectivity index (χ2n) is 7.11. The van der Waals surface area contributed by atoms with Crippen LogP contribution in [0.5, 0.6) is 23.0 Å². The first-order valence-electron chi connectivity index (χ1n) is 9.03. The molecule has 0 amide bonds. The lowest BCUT2D eigenvalue weighted by Crippen LogP contribution is -2.08. The van der Waals surface area contributed by atoms with E-state index < -0.39 is 0 Å². The van der Waals surface area contributed by atoms with Crippen LogP contribution in [0.15, 0.2) is 0 Å². The van der Waals surface area contributed by atoms with Crippen LogP contribution in [0.1, 0.15) is 64.3 Å². The molecule has 142 valence electrons. The first-order valence-corrected chi connectivity index (χ1v) is 9.03. The van der Waals surface area contributed by atoms with Crippen molar-refractivity contribution in [1.82, 2.24) is 0 Å². The number of aromatic hydroxyl groups is 3.